The molecule has 0 aromatic heterocycles. The highest BCUT2D eigenvalue weighted by molar-refractivity contribution is 4.64. The molecule has 122 valence electrons. The highest BCUT2D eigenvalue weighted by Crippen LogP contribution is 2.26. The largest absolute Gasteiger partial charge is 0.343 e. The molecule has 0 bridgehead atoms. The zero-order chi connectivity index (χ0) is 15.1. The van der Waals surface area contributed by atoms with E-state index in [9.17, 15) is 0 Å². The average molecular weight is 282 g/mol. The Kier molecular flexibility index (Phi) is 15.4. The predicted molar refractivity (Wildman–Crippen MR) is 94.0 cm³/mol. The molecule has 0 aliphatic carbocycles. The molecule has 0 radical (unpaired) electrons. The molecular weight excluding hydrogens is 240 g/mol. The Morgan fingerprint density at radius 1 is 0.550 bits per heavy atom. The molecule has 0 aromatic carbocycles. The van der Waals surface area contributed by atoms with Gasteiger partial charge in [-0.1, -0.05) is 104 Å². The van der Waals surface area contributed by atoms with Crippen molar-refractivity contribution in [1.29, 1.82) is 0 Å². The first kappa shape index (κ1) is 20.0. The molecule has 0 N–H and O–H groups in total. The molecule has 0 nitrogen and oxygen atoms in total. The summed E-state index contributed by atoms with van der Waals surface area (Å²) >= 11 is 0. The van der Waals surface area contributed by atoms with Crippen LogP contribution in [0.1, 0.15) is 111 Å². The molecular formula is C20H41-. The SMILES string of the molecule is [CH2-]CCC(CCC)CCCC(CCC)CCCCCC. The maximum atomic E-state index is 4.04. The van der Waals surface area contributed by atoms with Crippen molar-refractivity contribution in [3.8, 4) is 0 Å². The normalized spacial score (nSPS) is 14.4. The summed E-state index contributed by atoms with van der Waals surface area (Å²) in [7, 11) is 0. The van der Waals surface area contributed by atoms with Crippen molar-refractivity contribution in [3.05, 3.63) is 6.92 Å². The summed E-state index contributed by atoms with van der Waals surface area (Å²) in [4.78, 5) is 0. The molecule has 0 heteroatoms. The summed E-state index contributed by atoms with van der Waals surface area (Å²) in [5.41, 5.74) is 0. The third-order valence-corrected chi connectivity index (χ3v) is 4.70. The van der Waals surface area contributed by atoms with Gasteiger partial charge in [-0.25, -0.2) is 0 Å². The Hall–Kier alpha value is 0. The fourth-order valence-electron chi connectivity index (χ4n) is 3.53. The summed E-state index contributed by atoms with van der Waals surface area (Å²) in [5.74, 6) is 1.97. The number of hydrogen-bond donors (Lipinski definition) is 0. The second-order valence-corrected chi connectivity index (χ2v) is 6.73. The summed E-state index contributed by atoms with van der Waals surface area (Å²) in [6, 6.07) is 0. The zero-order valence-corrected chi connectivity index (χ0v) is 14.8. The van der Waals surface area contributed by atoms with E-state index in [2.05, 4.69) is 27.7 Å². The molecule has 2 unspecified atom stereocenters. The zero-order valence-electron chi connectivity index (χ0n) is 14.8. The van der Waals surface area contributed by atoms with Gasteiger partial charge in [-0.2, -0.15) is 6.42 Å². The van der Waals surface area contributed by atoms with Crippen LogP contribution in [-0.4, -0.2) is 0 Å². The van der Waals surface area contributed by atoms with E-state index in [0.717, 1.165) is 18.3 Å². The summed E-state index contributed by atoms with van der Waals surface area (Å²) in [5, 5.41) is 0. The van der Waals surface area contributed by atoms with Gasteiger partial charge in [0.25, 0.3) is 0 Å². The standard InChI is InChI=1S/C20H41/c1-5-9-10-11-16-20(15-8-4)18-12-17-19(13-6-2)14-7-3/h19-20H,2,5-18H2,1,3-4H3/q-1. The topological polar surface area (TPSA) is 0 Å². The molecule has 0 amide bonds. The first-order chi connectivity index (χ1) is 9.78. The molecule has 0 rings (SSSR count). The lowest BCUT2D eigenvalue weighted by atomic mass is 9.87. The van der Waals surface area contributed by atoms with Crippen molar-refractivity contribution >= 4 is 0 Å². The highest BCUT2D eigenvalue weighted by Gasteiger charge is 2.10. The minimum absolute atomic E-state index is 0.958. The quantitative estimate of drug-likeness (QED) is 0.214. The fourth-order valence-corrected chi connectivity index (χ4v) is 3.53. The minimum atomic E-state index is 0.958. The number of rotatable bonds is 15. The van der Waals surface area contributed by atoms with Gasteiger partial charge in [-0.3, -0.25) is 0 Å². The molecule has 0 spiro atoms. The summed E-state index contributed by atoms with van der Waals surface area (Å²) in [6.45, 7) is 11.0. The molecule has 0 saturated heterocycles. The van der Waals surface area contributed by atoms with Crippen LogP contribution in [0, 0.1) is 18.8 Å². The van der Waals surface area contributed by atoms with Gasteiger partial charge in [0.15, 0.2) is 0 Å². The van der Waals surface area contributed by atoms with E-state index in [1.165, 1.54) is 83.5 Å². The molecule has 2 atom stereocenters. The van der Waals surface area contributed by atoms with E-state index in [1.807, 2.05) is 0 Å². The molecule has 0 aliphatic rings. The fraction of sp³-hybridized carbons (Fsp3) is 0.950. The predicted octanol–water partition coefficient (Wildman–Crippen LogP) is 7.57. The Morgan fingerprint density at radius 3 is 1.60 bits per heavy atom. The molecule has 0 saturated carbocycles. The van der Waals surface area contributed by atoms with Gasteiger partial charge in [-0.15, -0.1) is 0 Å². The van der Waals surface area contributed by atoms with Crippen LogP contribution in [0.5, 0.6) is 0 Å². The van der Waals surface area contributed by atoms with Gasteiger partial charge < -0.3 is 6.92 Å². The van der Waals surface area contributed by atoms with Gasteiger partial charge in [-0.05, 0) is 11.8 Å². The van der Waals surface area contributed by atoms with Crippen LogP contribution in [0.4, 0.5) is 0 Å². The van der Waals surface area contributed by atoms with E-state index in [4.69, 9.17) is 0 Å². The Morgan fingerprint density at radius 2 is 1.10 bits per heavy atom. The van der Waals surface area contributed by atoms with Crippen molar-refractivity contribution in [2.45, 2.75) is 111 Å². The van der Waals surface area contributed by atoms with E-state index in [1.54, 1.807) is 0 Å². The number of hydrogen-bond acceptors (Lipinski definition) is 0. The van der Waals surface area contributed by atoms with Crippen LogP contribution in [0.15, 0.2) is 0 Å². The molecule has 0 heterocycles. The molecule has 0 aliphatic heterocycles. The Bertz CT molecular complexity index is 167. The van der Waals surface area contributed by atoms with Gasteiger partial charge >= 0.3 is 0 Å². The first-order valence-electron chi connectivity index (χ1n) is 9.57. The lowest BCUT2D eigenvalue weighted by Gasteiger charge is -2.20. The third-order valence-electron chi connectivity index (χ3n) is 4.70. The Balaban J connectivity index is 3.81. The van der Waals surface area contributed by atoms with Crippen molar-refractivity contribution < 1.29 is 0 Å². The highest BCUT2D eigenvalue weighted by atomic mass is 14.2. The van der Waals surface area contributed by atoms with E-state index >= 15 is 0 Å². The van der Waals surface area contributed by atoms with Crippen LogP contribution in [0.3, 0.4) is 0 Å². The summed E-state index contributed by atoms with van der Waals surface area (Å²) < 4.78 is 0. The minimum Gasteiger partial charge on any atom is -0.343 e. The average Bonchev–Trinajstić information content (AvgIpc) is 2.44. The van der Waals surface area contributed by atoms with Crippen molar-refractivity contribution in [2.24, 2.45) is 11.8 Å². The van der Waals surface area contributed by atoms with Gasteiger partial charge in [0, 0.05) is 0 Å². The van der Waals surface area contributed by atoms with Gasteiger partial charge in [0.1, 0.15) is 0 Å². The van der Waals surface area contributed by atoms with E-state index in [-0.39, 0.29) is 0 Å². The Labute approximate surface area is 130 Å². The van der Waals surface area contributed by atoms with Crippen LogP contribution in [-0.2, 0) is 0 Å². The van der Waals surface area contributed by atoms with Crippen molar-refractivity contribution in [1.82, 2.24) is 0 Å². The molecule has 0 aromatic rings. The van der Waals surface area contributed by atoms with Crippen LogP contribution in [0.2, 0.25) is 0 Å². The van der Waals surface area contributed by atoms with Crippen LogP contribution >= 0.6 is 0 Å². The van der Waals surface area contributed by atoms with Crippen molar-refractivity contribution in [3.63, 3.8) is 0 Å². The van der Waals surface area contributed by atoms with Crippen LogP contribution < -0.4 is 0 Å². The maximum Gasteiger partial charge on any atom is -0.0414 e. The van der Waals surface area contributed by atoms with E-state index < -0.39 is 0 Å². The third kappa shape index (κ3) is 11.8. The number of unbranched alkanes of at least 4 members (excludes halogenated alkanes) is 3. The molecule has 0 fully saturated rings. The van der Waals surface area contributed by atoms with Gasteiger partial charge in [0.2, 0.25) is 0 Å². The summed E-state index contributed by atoms with van der Waals surface area (Å²) in [6.07, 6.45) is 19.7. The first-order valence-corrected chi connectivity index (χ1v) is 9.57. The maximum absolute atomic E-state index is 4.04. The van der Waals surface area contributed by atoms with Crippen LogP contribution in [0.25, 0.3) is 0 Å². The lowest BCUT2D eigenvalue weighted by Crippen LogP contribution is -2.04. The molecule has 20 heavy (non-hydrogen) atoms. The van der Waals surface area contributed by atoms with Gasteiger partial charge in [0.05, 0.1) is 0 Å². The van der Waals surface area contributed by atoms with E-state index in [0.29, 0.717) is 0 Å². The lowest BCUT2D eigenvalue weighted by molar-refractivity contribution is 0.343. The second kappa shape index (κ2) is 15.4. The smallest absolute Gasteiger partial charge is 0.0414 e. The monoisotopic (exact) mass is 281 g/mol. The second-order valence-electron chi connectivity index (χ2n) is 6.73. The van der Waals surface area contributed by atoms with Crippen molar-refractivity contribution in [2.75, 3.05) is 0 Å².